The first kappa shape index (κ1) is 25.0. The standard InChI is InChI=1S/C23H27ClN6O4/c1-13-17(26-22(32)34-23(3,4)5)11-12-18(25-13)19-20(30(6)29-28-19)27-21(31)33-14(2)15-9-7-8-10-16(15)24/h7-12,14H,1-6H3,(H,26,32)(H,27,31)/t14-/m1/s1. The summed E-state index contributed by atoms with van der Waals surface area (Å²) in [6, 6.07) is 10.5. The van der Waals surface area contributed by atoms with Crippen molar-refractivity contribution in [1.82, 2.24) is 20.0 Å². The van der Waals surface area contributed by atoms with Crippen LogP contribution in [0.25, 0.3) is 11.4 Å². The van der Waals surface area contributed by atoms with Gasteiger partial charge in [-0.3, -0.25) is 10.6 Å². The minimum Gasteiger partial charge on any atom is -0.444 e. The molecule has 11 heteroatoms. The molecular weight excluding hydrogens is 460 g/mol. The van der Waals surface area contributed by atoms with E-state index in [1.54, 1.807) is 72.0 Å². The highest BCUT2D eigenvalue weighted by molar-refractivity contribution is 6.31. The van der Waals surface area contributed by atoms with Gasteiger partial charge in [-0.1, -0.05) is 35.0 Å². The van der Waals surface area contributed by atoms with Crippen molar-refractivity contribution in [3.8, 4) is 11.4 Å². The number of ether oxygens (including phenoxy) is 2. The Balaban J connectivity index is 1.75. The van der Waals surface area contributed by atoms with Crippen LogP contribution in [0.5, 0.6) is 0 Å². The van der Waals surface area contributed by atoms with Crippen LogP contribution >= 0.6 is 11.6 Å². The van der Waals surface area contributed by atoms with E-state index < -0.39 is 23.9 Å². The van der Waals surface area contributed by atoms with Crippen molar-refractivity contribution in [3.05, 3.63) is 52.7 Å². The van der Waals surface area contributed by atoms with E-state index in [0.29, 0.717) is 39.2 Å². The van der Waals surface area contributed by atoms with E-state index >= 15 is 0 Å². The largest absolute Gasteiger partial charge is 0.444 e. The molecule has 0 unspecified atom stereocenters. The van der Waals surface area contributed by atoms with Gasteiger partial charge in [0.15, 0.2) is 11.5 Å². The number of aryl methyl sites for hydroxylation is 2. The average molecular weight is 487 g/mol. The summed E-state index contributed by atoms with van der Waals surface area (Å²) in [5, 5.41) is 14.0. The topological polar surface area (TPSA) is 120 Å². The number of nitrogens with one attached hydrogen (secondary N) is 2. The van der Waals surface area contributed by atoms with Crippen molar-refractivity contribution >= 4 is 35.3 Å². The van der Waals surface area contributed by atoms with Crippen LogP contribution in [0.4, 0.5) is 21.1 Å². The Bertz CT molecular complexity index is 1200. The number of carbonyl (C=O) groups is 2. The molecule has 0 spiro atoms. The van der Waals surface area contributed by atoms with Gasteiger partial charge in [-0.2, -0.15) is 0 Å². The van der Waals surface area contributed by atoms with Crippen LogP contribution < -0.4 is 10.6 Å². The molecule has 0 aliphatic carbocycles. The predicted octanol–water partition coefficient (Wildman–Crippen LogP) is 5.50. The molecule has 2 N–H and O–H groups in total. The molecule has 2 aromatic heterocycles. The van der Waals surface area contributed by atoms with E-state index in [0.717, 1.165) is 0 Å². The fourth-order valence-electron chi connectivity index (χ4n) is 3.06. The van der Waals surface area contributed by atoms with E-state index in [4.69, 9.17) is 21.1 Å². The normalized spacial score (nSPS) is 12.1. The molecule has 0 fully saturated rings. The predicted molar refractivity (Wildman–Crippen MR) is 129 cm³/mol. The number of anilines is 2. The number of rotatable bonds is 5. The second-order valence-corrected chi connectivity index (χ2v) is 8.97. The molecule has 0 radical (unpaired) electrons. The molecule has 0 bridgehead atoms. The number of aromatic nitrogens is 4. The zero-order valence-corrected chi connectivity index (χ0v) is 20.6. The van der Waals surface area contributed by atoms with Gasteiger partial charge in [-0.25, -0.2) is 19.3 Å². The summed E-state index contributed by atoms with van der Waals surface area (Å²) in [7, 11) is 1.63. The average Bonchev–Trinajstić information content (AvgIpc) is 3.08. The molecular formula is C23H27ClN6O4. The zero-order chi connectivity index (χ0) is 25.0. The molecule has 10 nitrogen and oxygen atoms in total. The monoisotopic (exact) mass is 486 g/mol. The first-order chi connectivity index (χ1) is 15.9. The number of benzene rings is 1. The number of hydrogen-bond acceptors (Lipinski definition) is 7. The van der Waals surface area contributed by atoms with Crippen molar-refractivity contribution in [1.29, 1.82) is 0 Å². The second-order valence-electron chi connectivity index (χ2n) is 8.56. The SMILES string of the molecule is Cc1nc(-c2nnn(C)c2NC(=O)O[C@H](C)c2ccccc2Cl)ccc1NC(=O)OC(C)(C)C. The molecule has 3 aromatic rings. The first-order valence-electron chi connectivity index (χ1n) is 10.5. The number of pyridine rings is 1. The third-order valence-corrected chi connectivity index (χ3v) is 4.98. The Hall–Kier alpha value is -3.66. The van der Waals surface area contributed by atoms with Crippen molar-refractivity contribution < 1.29 is 19.1 Å². The van der Waals surface area contributed by atoms with Gasteiger partial charge in [-0.05, 0) is 52.8 Å². The van der Waals surface area contributed by atoms with Gasteiger partial charge in [0.2, 0.25) is 0 Å². The van der Waals surface area contributed by atoms with E-state index in [2.05, 4.69) is 25.9 Å². The molecule has 1 atom stereocenters. The summed E-state index contributed by atoms with van der Waals surface area (Å²) in [5.41, 5.74) is 1.89. The van der Waals surface area contributed by atoms with Crippen LogP contribution in [0.1, 0.15) is 45.1 Å². The maximum atomic E-state index is 12.6. The van der Waals surface area contributed by atoms with Crippen LogP contribution in [0.15, 0.2) is 36.4 Å². The molecule has 0 aliphatic heterocycles. The summed E-state index contributed by atoms with van der Waals surface area (Å²) < 4.78 is 12.2. The van der Waals surface area contributed by atoms with Gasteiger partial charge in [0.25, 0.3) is 0 Å². The number of halogens is 1. The lowest BCUT2D eigenvalue weighted by atomic mass is 10.1. The zero-order valence-electron chi connectivity index (χ0n) is 19.8. The fraction of sp³-hybridized carbons (Fsp3) is 0.348. The number of hydrogen-bond donors (Lipinski definition) is 2. The molecule has 2 amide bonds. The third kappa shape index (κ3) is 6.22. The third-order valence-electron chi connectivity index (χ3n) is 4.64. The lowest BCUT2D eigenvalue weighted by molar-refractivity contribution is 0.0635. The Morgan fingerprint density at radius 3 is 2.44 bits per heavy atom. The molecule has 3 rings (SSSR count). The van der Waals surface area contributed by atoms with Crippen molar-refractivity contribution in [2.24, 2.45) is 7.05 Å². The summed E-state index contributed by atoms with van der Waals surface area (Å²) in [4.78, 5) is 29.1. The molecule has 1 aromatic carbocycles. The Morgan fingerprint density at radius 1 is 1.09 bits per heavy atom. The molecule has 0 saturated carbocycles. The summed E-state index contributed by atoms with van der Waals surface area (Å²) in [5.74, 6) is 0.302. The number of carbonyl (C=O) groups excluding carboxylic acids is 2. The smallest absolute Gasteiger partial charge is 0.413 e. The minimum absolute atomic E-state index is 0.302. The van der Waals surface area contributed by atoms with E-state index in [-0.39, 0.29) is 0 Å². The van der Waals surface area contributed by atoms with Crippen molar-refractivity contribution in [2.45, 2.75) is 46.3 Å². The highest BCUT2D eigenvalue weighted by Gasteiger charge is 2.21. The van der Waals surface area contributed by atoms with Gasteiger partial charge in [0.05, 0.1) is 17.1 Å². The van der Waals surface area contributed by atoms with Crippen LogP contribution in [0.2, 0.25) is 5.02 Å². The Kier molecular flexibility index (Phi) is 7.41. The number of nitrogens with zero attached hydrogens (tertiary/aromatic N) is 4. The Morgan fingerprint density at radius 2 is 1.79 bits per heavy atom. The van der Waals surface area contributed by atoms with Crippen LogP contribution in [-0.4, -0.2) is 37.8 Å². The quantitative estimate of drug-likeness (QED) is 0.488. The van der Waals surface area contributed by atoms with Gasteiger partial charge < -0.3 is 9.47 Å². The Labute approximate surface area is 202 Å². The number of amides is 2. The first-order valence-corrected chi connectivity index (χ1v) is 10.9. The van der Waals surface area contributed by atoms with E-state index in [1.165, 1.54) is 4.68 Å². The van der Waals surface area contributed by atoms with E-state index in [1.807, 2.05) is 6.07 Å². The fourth-order valence-corrected chi connectivity index (χ4v) is 3.35. The highest BCUT2D eigenvalue weighted by atomic mass is 35.5. The molecule has 0 saturated heterocycles. The van der Waals surface area contributed by atoms with Crippen LogP contribution in [0.3, 0.4) is 0 Å². The van der Waals surface area contributed by atoms with Gasteiger partial charge >= 0.3 is 12.2 Å². The lowest BCUT2D eigenvalue weighted by Crippen LogP contribution is -2.27. The molecule has 180 valence electrons. The van der Waals surface area contributed by atoms with Gasteiger partial charge in [-0.15, -0.1) is 5.10 Å². The molecule has 0 aliphatic rings. The maximum absolute atomic E-state index is 12.6. The molecule has 34 heavy (non-hydrogen) atoms. The highest BCUT2D eigenvalue weighted by Crippen LogP contribution is 2.28. The minimum atomic E-state index is -0.695. The van der Waals surface area contributed by atoms with E-state index in [9.17, 15) is 9.59 Å². The molecule has 2 heterocycles. The van der Waals surface area contributed by atoms with Gasteiger partial charge in [0, 0.05) is 17.6 Å². The lowest BCUT2D eigenvalue weighted by Gasteiger charge is -2.20. The summed E-state index contributed by atoms with van der Waals surface area (Å²) in [6.07, 6.45) is -1.85. The second kappa shape index (κ2) is 10.1. The summed E-state index contributed by atoms with van der Waals surface area (Å²) in [6.45, 7) is 8.81. The van der Waals surface area contributed by atoms with Gasteiger partial charge in [0.1, 0.15) is 11.7 Å². The van der Waals surface area contributed by atoms with Crippen molar-refractivity contribution in [2.75, 3.05) is 10.6 Å². The maximum Gasteiger partial charge on any atom is 0.413 e. The summed E-state index contributed by atoms with van der Waals surface area (Å²) >= 11 is 6.19. The van der Waals surface area contributed by atoms with Crippen LogP contribution in [0, 0.1) is 6.92 Å². The van der Waals surface area contributed by atoms with Crippen molar-refractivity contribution in [3.63, 3.8) is 0 Å². The van der Waals surface area contributed by atoms with Crippen LogP contribution in [-0.2, 0) is 16.5 Å².